The van der Waals surface area contributed by atoms with Crippen LogP contribution in [0.25, 0.3) is 6.08 Å². The second-order valence-electron chi connectivity index (χ2n) is 2.07. The standard InChI is InChI=1S/C8H4Br3Cl/c9-6-2-1-3-7(12)5(6)4-8(10)11/h1-4H. The molecule has 4 heteroatoms. The molecule has 0 unspecified atom stereocenters. The minimum absolute atomic E-state index is 0.723. The van der Waals surface area contributed by atoms with Crippen LogP contribution in [0.15, 0.2) is 26.1 Å². The zero-order valence-corrected chi connectivity index (χ0v) is 11.3. The van der Waals surface area contributed by atoms with Gasteiger partial charge in [0.25, 0.3) is 0 Å². The number of hydrogen-bond donors (Lipinski definition) is 0. The van der Waals surface area contributed by atoms with Crippen molar-refractivity contribution in [2.24, 2.45) is 0 Å². The smallest absolute Gasteiger partial charge is 0.0610 e. The first-order valence-electron chi connectivity index (χ1n) is 3.08. The predicted octanol–water partition coefficient (Wildman–Crippen LogP) is 5.19. The van der Waals surface area contributed by atoms with E-state index in [1.807, 2.05) is 24.3 Å². The minimum atomic E-state index is 0.723. The Bertz CT molecular complexity index is 296. The normalized spacial score (nSPS) is 9.67. The van der Waals surface area contributed by atoms with Gasteiger partial charge >= 0.3 is 0 Å². The lowest BCUT2D eigenvalue weighted by atomic mass is 10.2. The highest BCUT2D eigenvalue weighted by Crippen LogP contribution is 2.29. The van der Waals surface area contributed by atoms with Crippen LogP contribution in [-0.2, 0) is 0 Å². The van der Waals surface area contributed by atoms with E-state index in [9.17, 15) is 0 Å². The Morgan fingerprint density at radius 2 is 2.00 bits per heavy atom. The molecule has 0 bridgehead atoms. The second-order valence-corrected chi connectivity index (χ2v) is 6.10. The molecule has 0 saturated carbocycles. The van der Waals surface area contributed by atoms with E-state index in [4.69, 9.17) is 11.6 Å². The molecule has 0 atom stereocenters. The molecule has 0 radical (unpaired) electrons. The maximum Gasteiger partial charge on any atom is 0.0610 e. The molecule has 12 heavy (non-hydrogen) atoms. The number of benzene rings is 1. The topological polar surface area (TPSA) is 0 Å². The van der Waals surface area contributed by atoms with Gasteiger partial charge in [0.15, 0.2) is 0 Å². The minimum Gasteiger partial charge on any atom is -0.0836 e. The number of hydrogen-bond acceptors (Lipinski definition) is 0. The molecule has 0 fully saturated rings. The Balaban J connectivity index is 3.22. The zero-order valence-electron chi connectivity index (χ0n) is 5.82. The summed E-state index contributed by atoms with van der Waals surface area (Å²) in [5, 5.41) is 0.723. The van der Waals surface area contributed by atoms with Crippen LogP contribution in [0, 0.1) is 0 Å². The Kier molecular flexibility index (Phi) is 4.30. The Labute approximate surface area is 101 Å². The summed E-state index contributed by atoms with van der Waals surface area (Å²) in [6, 6.07) is 5.69. The molecule has 0 aliphatic rings. The molecule has 0 aliphatic carbocycles. The van der Waals surface area contributed by atoms with Gasteiger partial charge in [-0.15, -0.1) is 0 Å². The fourth-order valence-electron chi connectivity index (χ4n) is 0.758. The summed E-state index contributed by atoms with van der Waals surface area (Å²) >= 11 is 15.9. The molecule has 1 rings (SSSR count). The van der Waals surface area contributed by atoms with Crippen molar-refractivity contribution in [2.75, 3.05) is 0 Å². The molecule has 0 N–H and O–H groups in total. The lowest BCUT2D eigenvalue weighted by Crippen LogP contribution is -1.76. The molecule has 0 amide bonds. The van der Waals surface area contributed by atoms with Crippen LogP contribution in [0.3, 0.4) is 0 Å². The van der Waals surface area contributed by atoms with Gasteiger partial charge in [0.2, 0.25) is 0 Å². The van der Waals surface area contributed by atoms with Crippen molar-refractivity contribution in [1.82, 2.24) is 0 Å². The molecule has 64 valence electrons. The first-order chi connectivity index (χ1) is 5.61. The van der Waals surface area contributed by atoms with Crippen LogP contribution >= 0.6 is 59.4 Å². The van der Waals surface area contributed by atoms with Crippen molar-refractivity contribution in [3.8, 4) is 0 Å². The van der Waals surface area contributed by atoms with Crippen molar-refractivity contribution in [2.45, 2.75) is 0 Å². The first kappa shape index (κ1) is 10.8. The van der Waals surface area contributed by atoms with E-state index < -0.39 is 0 Å². The van der Waals surface area contributed by atoms with E-state index in [1.165, 1.54) is 0 Å². The van der Waals surface area contributed by atoms with Crippen LogP contribution in [-0.4, -0.2) is 0 Å². The second kappa shape index (κ2) is 4.80. The van der Waals surface area contributed by atoms with Gasteiger partial charge in [-0.3, -0.25) is 0 Å². The van der Waals surface area contributed by atoms with E-state index in [0.29, 0.717) is 0 Å². The largest absolute Gasteiger partial charge is 0.0836 e. The van der Waals surface area contributed by atoms with Gasteiger partial charge in [0.1, 0.15) is 0 Å². The molecule has 0 nitrogen and oxygen atoms in total. The lowest BCUT2D eigenvalue weighted by Gasteiger charge is -2.00. The monoisotopic (exact) mass is 372 g/mol. The molecule has 0 heterocycles. The molecule has 1 aromatic carbocycles. The van der Waals surface area contributed by atoms with Gasteiger partial charge in [0.05, 0.1) is 3.39 Å². The molecule has 0 saturated heterocycles. The SMILES string of the molecule is Clc1cccc(Br)c1C=C(Br)Br. The number of halogens is 4. The summed E-state index contributed by atoms with van der Waals surface area (Å²) in [5.41, 5.74) is 0.961. The summed E-state index contributed by atoms with van der Waals surface area (Å²) in [6.45, 7) is 0. The number of rotatable bonds is 1. The van der Waals surface area contributed by atoms with Crippen LogP contribution in [0.4, 0.5) is 0 Å². The lowest BCUT2D eigenvalue weighted by molar-refractivity contribution is 1.60. The van der Waals surface area contributed by atoms with Gasteiger partial charge in [-0.2, -0.15) is 0 Å². The van der Waals surface area contributed by atoms with E-state index >= 15 is 0 Å². The maximum atomic E-state index is 5.96. The highest BCUT2D eigenvalue weighted by molar-refractivity contribution is 9.28. The van der Waals surface area contributed by atoms with Crippen LogP contribution < -0.4 is 0 Å². The molecule has 1 aromatic rings. The van der Waals surface area contributed by atoms with Gasteiger partial charge in [0, 0.05) is 15.1 Å². The van der Waals surface area contributed by atoms with E-state index in [1.54, 1.807) is 0 Å². The molecular weight excluding hydrogens is 371 g/mol. The average molecular weight is 375 g/mol. The zero-order chi connectivity index (χ0) is 9.14. The van der Waals surface area contributed by atoms with Crippen molar-refractivity contribution in [3.63, 3.8) is 0 Å². The van der Waals surface area contributed by atoms with Gasteiger partial charge in [-0.25, -0.2) is 0 Å². The fraction of sp³-hybridized carbons (Fsp3) is 0. The van der Waals surface area contributed by atoms with Crippen molar-refractivity contribution < 1.29 is 0 Å². The fourth-order valence-corrected chi connectivity index (χ4v) is 2.04. The van der Waals surface area contributed by atoms with Crippen molar-refractivity contribution in [3.05, 3.63) is 36.6 Å². The summed E-state index contributed by atoms with van der Waals surface area (Å²) in [7, 11) is 0. The van der Waals surface area contributed by atoms with Gasteiger partial charge < -0.3 is 0 Å². The van der Waals surface area contributed by atoms with Gasteiger partial charge in [-0.05, 0) is 50.1 Å². The Morgan fingerprint density at radius 3 is 2.50 bits per heavy atom. The van der Waals surface area contributed by atoms with Crippen molar-refractivity contribution >= 4 is 65.5 Å². The first-order valence-corrected chi connectivity index (χ1v) is 5.83. The third-order valence-electron chi connectivity index (χ3n) is 1.25. The molecule has 0 aromatic heterocycles. The van der Waals surface area contributed by atoms with Crippen LogP contribution in [0.1, 0.15) is 5.56 Å². The van der Waals surface area contributed by atoms with E-state index in [-0.39, 0.29) is 0 Å². The summed E-state index contributed by atoms with van der Waals surface area (Å²) in [4.78, 5) is 0. The summed E-state index contributed by atoms with van der Waals surface area (Å²) < 4.78 is 1.84. The van der Waals surface area contributed by atoms with Crippen LogP contribution in [0.5, 0.6) is 0 Å². The maximum absolute atomic E-state index is 5.96. The molecular formula is C8H4Br3Cl. The van der Waals surface area contributed by atoms with E-state index in [2.05, 4.69) is 47.8 Å². The van der Waals surface area contributed by atoms with Gasteiger partial charge in [-0.1, -0.05) is 33.6 Å². The quantitative estimate of drug-likeness (QED) is 0.634. The Hall–Kier alpha value is 0.690. The molecule has 0 aliphatic heterocycles. The van der Waals surface area contributed by atoms with E-state index in [0.717, 1.165) is 18.5 Å². The highest BCUT2D eigenvalue weighted by atomic mass is 79.9. The van der Waals surface area contributed by atoms with Crippen molar-refractivity contribution in [1.29, 1.82) is 0 Å². The summed E-state index contributed by atoms with van der Waals surface area (Å²) in [6.07, 6.45) is 1.90. The van der Waals surface area contributed by atoms with Crippen LogP contribution in [0.2, 0.25) is 5.02 Å². The third-order valence-corrected chi connectivity index (χ3v) is 2.73. The predicted molar refractivity (Wildman–Crippen MR) is 65.0 cm³/mol. The Morgan fingerprint density at radius 1 is 1.33 bits per heavy atom. The summed E-state index contributed by atoms with van der Waals surface area (Å²) in [5.74, 6) is 0. The highest BCUT2D eigenvalue weighted by Gasteiger charge is 2.01. The third kappa shape index (κ3) is 2.87. The average Bonchev–Trinajstić information content (AvgIpc) is 1.97. The molecule has 0 spiro atoms.